The quantitative estimate of drug-likeness (QED) is 0.679. The van der Waals surface area contributed by atoms with Gasteiger partial charge in [-0.2, -0.15) is 0 Å². The lowest BCUT2D eigenvalue weighted by atomic mass is 10.1. The Balaban J connectivity index is 2.38. The second kappa shape index (κ2) is 3.20. The summed E-state index contributed by atoms with van der Waals surface area (Å²) in [6, 6.07) is 7.59. The molecule has 2 heterocycles. The molecule has 0 radical (unpaired) electrons. The van der Waals surface area contributed by atoms with E-state index in [1.54, 1.807) is 7.11 Å². The SMILES string of the molecule is COc1c2c(nc3ccccc13)OC(=O)C2. The van der Waals surface area contributed by atoms with Crippen molar-refractivity contribution >= 4 is 16.9 Å². The van der Waals surface area contributed by atoms with Gasteiger partial charge in [0, 0.05) is 5.39 Å². The molecule has 0 amide bonds. The highest BCUT2D eigenvalue weighted by Crippen LogP contribution is 2.37. The summed E-state index contributed by atoms with van der Waals surface area (Å²) in [5, 5.41) is 0.905. The van der Waals surface area contributed by atoms with Crippen molar-refractivity contribution in [3.63, 3.8) is 0 Å². The summed E-state index contributed by atoms with van der Waals surface area (Å²) < 4.78 is 10.4. The molecule has 0 saturated heterocycles. The molecule has 0 saturated carbocycles. The molecule has 0 atom stereocenters. The number of esters is 1. The predicted molar refractivity (Wildman–Crippen MR) is 57.6 cm³/mol. The average molecular weight is 215 g/mol. The Morgan fingerprint density at radius 3 is 3.00 bits per heavy atom. The number of nitrogens with zero attached hydrogens (tertiary/aromatic N) is 1. The van der Waals surface area contributed by atoms with Gasteiger partial charge in [-0.3, -0.25) is 4.79 Å². The van der Waals surface area contributed by atoms with Crippen LogP contribution in [0.25, 0.3) is 10.9 Å². The first-order valence-corrected chi connectivity index (χ1v) is 4.96. The third kappa shape index (κ3) is 1.16. The molecule has 0 aliphatic carbocycles. The van der Waals surface area contributed by atoms with E-state index in [2.05, 4.69) is 4.98 Å². The standard InChI is InChI=1S/C12H9NO3/c1-15-11-7-4-2-3-5-9(7)13-12-8(11)6-10(14)16-12/h2-5H,6H2,1H3. The number of carbonyl (C=O) groups excluding carboxylic acids is 1. The molecule has 0 spiro atoms. The first-order chi connectivity index (χ1) is 7.79. The van der Waals surface area contributed by atoms with Gasteiger partial charge >= 0.3 is 5.97 Å². The van der Waals surface area contributed by atoms with Gasteiger partial charge in [-0.25, -0.2) is 4.98 Å². The molecule has 0 fully saturated rings. The van der Waals surface area contributed by atoms with Crippen molar-refractivity contribution in [3.8, 4) is 11.6 Å². The van der Waals surface area contributed by atoms with Crippen LogP contribution in [-0.2, 0) is 11.2 Å². The molecule has 1 aromatic carbocycles. The molecule has 2 aromatic rings. The Morgan fingerprint density at radius 2 is 2.19 bits per heavy atom. The van der Waals surface area contributed by atoms with Crippen LogP contribution in [0.2, 0.25) is 0 Å². The largest absolute Gasteiger partial charge is 0.496 e. The maximum absolute atomic E-state index is 11.2. The normalized spacial score (nSPS) is 13.7. The lowest BCUT2D eigenvalue weighted by Crippen LogP contribution is -2.00. The average Bonchev–Trinajstić information content (AvgIpc) is 2.65. The van der Waals surface area contributed by atoms with Gasteiger partial charge in [-0.05, 0) is 12.1 Å². The van der Waals surface area contributed by atoms with Crippen LogP contribution < -0.4 is 9.47 Å². The summed E-state index contributed by atoms with van der Waals surface area (Å²) in [7, 11) is 1.59. The molecular formula is C12H9NO3. The fourth-order valence-corrected chi connectivity index (χ4v) is 1.96. The third-order valence-corrected chi connectivity index (χ3v) is 2.64. The lowest BCUT2D eigenvalue weighted by molar-refractivity contribution is -0.132. The minimum absolute atomic E-state index is 0.232. The van der Waals surface area contributed by atoms with E-state index < -0.39 is 0 Å². The van der Waals surface area contributed by atoms with Crippen LogP contribution in [0.3, 0.4) is 0 Å². The van der Waals surface area contributed by atoms with Crippen LogP contribution in [0.4, 0.5) is 0 Å². The predicted octanol–water partition coefficient (Wildman–Crippen LogP) is 1.70. The molecule has 3 rings (SSSR count). The molecule has 1 aliphatic rings. The number of hydrogen-bond acceptors (Lipinski definition) is 4. The number of benzene rings is 1. The van der Waals surface area contributed by atoms with Crippen molar-refractivity contribution in [2.45, 2.75) is 6.42 Å². The number of fused-ring (bicyclic) bond motifs is 2. The zero-order valence-corrected chi connectivity index (χ0v) is 8.69. The molecular weight excluding hydrogens is 206 g/mol. The Labute approximate surface area is 91.8 Å². The smallest absolute Gasteiger partial charge is 0.317 e. The maximum atomic E-state index is 11.2. The van der Waals surface area contributed by atoms with E-state index in [-0.39, 0.29) is 12.4 Å². The first kappa shape index (κ1) is 9.15. The Morgan fingerprint density at radius 1 is 1.38 bits per heavy atom. The van der Waals surface area contributed by atoms with Crippen LogP contribution in [0.1, 0.15) is 5.56 Å². The van der Waals surface area contributed by atoms with Crippen molar-refractivity contribution in [2.75, 3.05) is 7.11 Å². The summed E-state index contributed by atoms with van der Waals surface area (Å²) in [4.78, 5) is 15.5. The fraction of sp³-hybridized carbons (Fsp3) is 0.167. The lowest BCUT2D eigenvalue weighted by Gasteiger charge is -2.08. The number of carbonyl (C=O) groups is 1. The number of hydrogen-bond donors (Lipinski definition) is 0. The molecule has 4 heteroatoms. The number of pyridine rings is 1. The van der Waals surface area contributed by atoms with E-state index in [1.807, 2.05) is 24.3 Å². The number of methoxy groups -OCH3 is 1. The zero-order chi connectivity index (χ0) is 11.1. The van der Waals surface area contributed by atoms with E-state index in [1.165, 1.54) is 0 Å². The second-order valence-electron chi connectivity index (χ2n) is 3.60. The van der Waals surface area contributed by atoms with E-state index in [4.69, 9.17) is 9.47 Å². The van der Waals surface area contributed by atoms with Gasteiger partial charge in [0.05, 0.1) is 24.6 Å². The number of ether oxygens (including phenoxy) is 2. The summed E-state index contributed by atoms with van der Waals surface area (Å²) in [5.41, 5.74) is 1.51. The molecule has 80 valence electrons. The highest BCUT2D eigenvalue weighted by molar-refractivity contribution is 5.92. The molecule has 0 unspecified atom stereocenters. The molecule has 0 bridgehead atoms. The Hall–Kier alpha value is -2.10. The molecule has 0 N–H and O–H groups in total. The highest BCUT2D eigenvalue weighted by atomic mass is 16.5. The van der Waals surface area contributed by atoms with Gasteiger partial charge in [0.2, 0.25) is 5.88 Å². The molecule has 16 heavy (non-hydrogen) atoms. The third-order valence-electron chi connectivity index (χ3n) is 2.64. The highest BCUT2D eigenvalue weighted by Gasteiger charge is 2.27. The summed E-state index contributed by atoms with van der Waals surface area (Å²) >= 11 is 0. The van der Waals surface area contributed by atoms with Gasteiger partial charge < -0.3 is 9.47 Å². The van der Waals surface area contributed by atoms with Gasteiger partial charge in [0.25, 0.3) is 0 Å². The molecule has 4 nitrogen and oxygen atoms in total. The van der Waals surface area contributed by atoms with Crippen molar-refractivity contribution in [3.05, 3.63) is 29.8 Å². The minimum atomic E-state index is -0.281. The summed E-state index contributed by atoms with van der Waals surface area (Å²) in [5.74, 6) is 0.781. The van der Waals surface area contributed by atoms with Crippen LogP contribution in [-0.4, -0.2) is 18.1 Å². The van der Waals surface area contributed by atoms with Gasteiger partial charge in [0.1, 0.15) is 5.75 Å². The molecule has 1 aromatic heterocycles. The van der Waals surface area contributed by atoms with Gasteiger partial charge in [0.15, 0.2) is 0 Å². The van der Waals surface area contributed by atoms with Crippen LogP contribution in [0.5, 0.6) is 11.6 Å². The summed E-state index contributed by atoms with van der Waals surface area (Å²) in [6.07, 6.45) is 0.232. The van der Waals surface area contributed by atoms with Gasteiger partial charge in [-0.15, -0.1) is 0 Å². The molecule has 1 aliphatic heterocycles. The Bertz CT molecular complexity index is 592. The van der Waals surface area contributed by atoms with Crippen molar-refractivity contribution < 1.29 is 14.3 Å². The van der Waals surface area contributed by atoms with E-state index in [0.717, 1.165) is 16.5 Å². The number of para-hydroxylation sites is 1. The van der Waals surface area contributed by atoms with Crippen molar-refractivity contribution in [2.24, 2.45) is 0 Å². The monoisotopic (exact) mass is 215 g/mol. The summed E-state index contributed by atoms with van der Waals surface area (Å²) in [6.45, 7) is 0. The van der Waals surface area contributed by atoms with Crippen LogP contribution in [0, 0.1) is 0 Å². The minimum Gasteiger partial charge on any atom is -0.496 e. The maximum Gasteiger partial charge on any atom is 0.317 e. The van der Waals surface area contributed by atoms with Crippen molar-refractivity contribution in [1.29, 1.82) is 0 Å². The fourth-order valence-electron chi connectivity index (χ4n) is 1.96. The van der Waals surface area contributed by atoms with Crippen LogP contribution in [0.15, 0.2) is 24.3 Å². The van der Waals surface area contributed by atoms with Crippen molar-refractivity contribution in [1.82, 2.24) is 4.98 Å². The number of rotatable bonds is 1. The van der Waals surface area contributed by atoms with E-state index in [0.29, 0.717) is 11.6 Å². The zero-order valence-electron chi connectivity index (χ0n) is 8.69. The topological polar surface area (TPSA) is 48.4 Å². The number of aromatic nitrogens is 1. The van der Waals surface area contributed by atoms with E-state index in [9.17, 15) is 4.79 Å². The first-order valence-electron chi connectivity index (χ1n) is 4.96. The Kier molecular flexibility index (Phi) is 1.83. The second-order valence-corrected chi connectivity index (χ2v) is 3.60. The van der Waals surface area contributed by atoms with Crippen LogP contribution >= 0.6 is 0 Å². The van der Waals surface area contributed by atoms with E-state index >= 15 is 0 Å². The van der Waals surface area contributed by atoms with Gasteiger partial charge in [-0.1, -0.05) is 12.1 Å².